The summed E-state index contributed by atoms with van der Waals surface area (Å²) < 4.78 is 20.7. The maximum atomic E-state index is 14.9. The van der Waals surface area contributed by atoms with Crippen molar-refractivity contribution in [3.8, 4) is 5.75 Å². The number of benzene rings is 3. The second-order valence-electron chi connectivity index (χ2n) is 9.47. The molecule has 6 nitrogen and oxygen atoms in total. The minimum atomic E-state index is -1.01. The van der Waals surface area contributed by atoms with Crippen LogP contribution in [0.15, 0.2) is 78.4 Å². The summed E-state index contributed by atoms with van der Waals surface area (Å²) in [5.41, 5.74) is 2.57. The van der Waals surface area contributed by atoms with E-state index in [-0.39, 0.29) is 23.4 Å². The highest BCUT2D eigenvalue weighted by Crippen LogP contribution is 2.40. The van der Waals surface area contributed by atoms with Gasteiger partial charge in [-0.05, 0) is 69.9 Å². The van der Waals surface area contributed by atoms with Crippen molar-refractivity contribution in [2.45, 2.75) is 26.0 Å². The highest BCUT2D eigenvalue weighted by molar-refractivity contribution is 6.46. The molecule has 37 heavy (non-hydrogen) atoms. The van der Waals surface area contributed by atoms with E-state index in [4.69, 9.17) is 4.74 Å². The molecule has 1 aliphatic heterocycles. The zero-order valence-electron chi connectivity index (χ0n) is 21.3. The third-order valence-corrected chi connectivity index (χ3v) is 6.36. The van der Waals surface area contributed by atoms with E-state index in [1.54, 1.807) is 42.5 Å². The third-order valence-electron chi connectivity index (χ3n) is 6.36. The van der Waals surface area contributed by atoms with Gasteiger partial charge in [-0.25, -0.2) is 4.39 Å². The first-order valence-electron chi connectivity index (χ1n) is 12.2. The summed E-state index contributed by atoms with van der Waals surface area (Å²) in [6, 6.07) is 19.7. The maximum absolute atomic E-state index is 14.9. The van der Waals surface area contributed by atoms with Crippen molar-refractivity contribution < 1.29 is 23.8 Å². The fraction of sp³-hybridized carbons (Fsp3) is 0.267. The van der Waals surface area contributed by atoms with Crippen LogP contribution in [0.4, 0.5) is 4.39 Å². The van der Waals surface area contributed by atoms with Crippen LogP contribution in [0.2, 0.25) is 0 Å². The molecule has 4 rings (SSSR count). The van der Waals surface area contributed by atoms with Gasteiger partial charge in [-0.1, -0.05) is 48.0 Å². The van der Waals surface area contributed by atoms with Crippen LogP contribution >= 0.6 is 0 Å². The average molecular weight is 503 g/mol. The van der Waals surface area contributed by atoms with Gasteiger partial charge in [0, 0.05) is 17.7 Å². The summed E-state index contributed by atoms with van der Waals surface area (Å²) in [4.78, 5) is 29.4. The number of nitrogens with zero attached hydrogens (tertiary/aromatic N) is 2. The number of Topliss-reactive ketones (excluding diaryl/α,β-unsaturated/α-hetero) is 1. The van der Waals surface area contributed by atoms with E-state index in [0.717, 1.165) is 11.1 Å². The van der Waals surface area contributed by atoms with Crippen molar-refractivity contribution in [1.82, 2.24) is 9.80 Å². The van der Waals surface area contributed by atoms with E-state index in [0.29, 0.717) is 30.9 Å². The molecular formula is C30H31FN2O4. The van der Waals surface area contributed by atoms with E-state index in [1.807, 2.05) is 50.2 Å². The Balaban J connectivity index is 1.64. The molecule has 0 unspecified atom stereocenters. The highest BCUT2D eigenvalue weighted by Gasteiger charge is 2.46. The topological polar surface area (TPSA) is 70.1 Å². The number of ether oxygens (including phenoxy) is 1. The molecule has 1 amide bonds. The summed E-state index contributed by atoms with van der Waals surface area (Å²) in [5.74, 6) is -1.86. The molecular weight excluding hydrogens is 471 g/mol. The first-order chi connectivity index (χ1) is 17.8. The predicted octanol–water partition coefficient (Wildman–Crippen LogP) is 5.09. The molecule has 0 aliphatic carbocycles. The third kappa shape index (κ3) is 5.89. The van der Waals surface area contributed by atoms with Crippen LogP contribution in [0.3, 0.4) is 0 Å². The molecule has 1 N–H and O–H groups in total. The Morgan fingerprint density at radius 3 is 2.43 bits per heavy atom. The lowest BCUT2D eigenvalue weighted by molar-refractivity contribution is -0.140. The number of aliphatic hydroxyl groups is 1. The van der Waals surface area contributed by atoms with Gasteiger partial charge in [0.05, 0.1) is 11.6 Å². The van der Waals surface area contributed by atoms with Gasteiger partial charge in [0.1, 0.15) is 23.9 Å². The number of ketones is 1. The number of likely N-dealkylation sites (tertiary alicyclic amines) is 1. The second-order valence-corrected chi connectivity index (χ2v) is 9.47. The number of halogens is 1. The zero-order chi connectivity index (χ0) is 26.5. The molecule has 3 aromatic carbocycles. The molecule has 1 saturated heterocycles. The van der Waals surface area contributed by atoms with Crippen molar-refractivity contribution in [3.05, 3.63) is 106 Å². The Morgan fingerprint density at radius 2 is 1.76 bits per heavy atom. The number of rotatable bonds is 9. The fourth-order valence-corrected chi connectivity index (χ4v) is 4.52. The lowest BCUT2D eigenvalue weighted by atomic mass is 9.95. The lowest BCUT2D eigenvalue weighted by Gasteiger charge is -2.26. The number of carbonyl (C=O) groups is 2. The van der Waals surface area contributed by atoms with E-state index < -0.39 is 23.5 Å². The Hall–Kier alpha value is -3.97. The van der Waals surface area contributed by atoms with Crippen molar-refractivity contribution in [3.63, 3.8) is 0 Å². The average Bonchev–Trinajstić information content (AvgIpc) is 3.12. The van der Waals surface area contributed by atoms with Gasteiger partial charge >= 0.3 is 0 Å². The normalized spacial score (nSPS) is 17.0. The maximum Gasteiger partial charge on any atom is 0.295 e. The van der Waals surface area contributed by atoms with Crippen LogP contribution in [-0.2, 0) is 16.2 Å². The molecule has 192 valence electrons. The van der Waals surface area contributed by atoms with Crippen LogP contribution in [0.25, 0.3) is 5.76 Å². The van der Waals surface area contributed by atoms with Gasteiger partial charge in [0.2, 0.25) is 0 Å². The SMILES string of the molecule is Cc1cccc(COc2ccc(/C(O)=C3\C(=O)C(=O)N(CCCN(C)C)[C@@H]3c3ccccc3F)cc2)c1. The van der Waals surface area contributed by atoms with Crippen molar-refractivity contribution in [2.24, 2.45) is 0 Å². The minimum absolute atomic E-state index is 0.117. The fourth-order valence-electron chi connectivity index (χ4n) is 4.52. The Kier molecular flexibility index (Phi) is 8.04. The van der Waals surface area contributed by atoms with Crippen molar-refractivity contribution >= 4 is 17.4 Å². The predicted molar refractivity (Wildman–Crippen MR) is 141 cm³/mol. The molecule has 0 bridgehead atoms. The Morgan fingerprint density at radius 1 is 1.03 bits per heavy atom. The van der Waals surface area contributed by atoms with E-state index in [1.165, 1.54) is 11.0 Å². The Labute approximate surface area is 216 Å². The monoisotopic (exact) mass is 502 g/mol. The van der Waals surface area contributed by atoms with Gasteiger partial charge < -0.3 is 19.6 Å². The standard InChI is InChI=1S/C30H31FN2O4/c1-20-8-6-9-21(18-20)19-37-23-14-12-22(13-15-23)28(34)26-27(24-10-4-5-11-25(24)31)33(30(36)29(26)35)17-7-16-32(2)3/h4-6,8-15,18,27,34H,7,16-17,19H2,1-3H3/b28-26+/t27-/m1/s1. The summed E-state index contributed by atoms with van der Waals surface area (Å²) in [5, 5.41) is 11.2. The molecule has 1 fully saturated rings. The van der Waals surface area contributed by atoms with Crippen LogP contribution in [0, 0.1) is 12.7 Å². The highest BCUT2D eigenvalue weighted by atomic mass is 19.1. The van der Waals surface area contributed by atoms with Crippen LogP contribution in [0.1, 0.15) is 34.7 Å². The van der Waals surface area contributed by atoms with E-state index >= 15 is 0 Å². The minimum Gasteiger partial charge on any atom is -0.507 e. The first-order valence-corrected chi connectivity index (χ1v) is 12.2. The van der Waals surface area contributed by atoms with Gasteiger partial charge in [0.15, 0.2) is 0 Å². The van der Waals surface area contributed by atoms with E-state index in [2.05, 4.69) is 0 Å². The molecule has 0 aromatic heterocycles. The number of aryl methyl sites for hydroxylation is 1. The number of amides is 1. The number of hydrogen-bond donors (Lipinski definition) is 1. The first kappa shape index (κ1) is 26.1. The number of hydrogen-bond acceptors (Lipinski definition) is 5. The molecule has 0 radical (unpaired) electrons. The number of aliphatic hydroxyl groups excluding tert-OH is 1. The van der Waals surface area contributed by atoms with Crippen LogP contribution < -0.4 is 4.74 Å². The zero-order valence-corrected chi connectivity index (χ0v) is 21.3. The van der Waals surface area contributed by atoms with Crippen molar-refractivity contribution in [2.75, 3.05) is 27.2 Å². The van der Waals surface area contributed by atoms with Gasteiger partial charge in [-0.3, -0.25) is 9.59 Å². The molecule has 7 heteroatoms. The molecule has 3 aromatic rings. The smallest absolute Gasteiger partial charge is 0.295 e. The van der Waals surface area contributed by atoms with Crippen LogP contribution in [0.5, 0.6) is 5.75 Å². The summed E-state index contributed by atoms with van der Waals surface area (Å²) in [6.07, 6.45) is 0.595. The van der Waals surface area contributed by atoms with Crippen molar-refractivity contribution in [1.29, 1.82) is 0 Å². The quantitative estimate of drug-likeness (QED) is 0.251. The molecule has 1 atom stereocenters. The molecule has 0 spiro atoms. The molecule has 0 saturated carbocycles. The second kappa shape index (κ2) is 11.4. The van der Waals surface area contributed by atoms with Gasteiger partial charge in [-0.2, -0.15) is 0 Å². The molecule has 1 heterocycles. The largest absolute Gasteiger partial charge is 0.507 e. The van der Waals surface area contributed by atoms with Crippen LogP contribution in [-0.4, -0.2) is 53.8 Å². The lowest BCUT2D eigenvalue weighted by Crippen LogP contribution is -2.32. The summed E-state index contributed by atoms with van der Waals surface area (Å²) >= 11 is 0. The Bertz CT molecular complexity index is 1320. The van der Waals surface area contributed by atoms with Gasteiger partial charge in [-0.15, -0.1) is 0 Å². The van der Waals surface area contributed by atoms with E-state index in [9.17, 15) is 19.1 Å². The summed E-state index contributed by atoms with van der Waals surface area (Å²) in [6.45, 7) is 3.35. The summed E-state index contributed by atoms with van der Waals surface area (Å²) in [7, 11) is 3.83. The van der Waals surface area contributed by atoms with Gasteiger partial charge in [0.25, 0.3) is 11.7 Å². The number of carbonyl (C=O) groups excluding carboxylic acids is 2. The molecule has 1 aliphatic rings.